The Hall–Kier alpha value is 0.940. The molecule has 0 amide bonds. The third kappa shape index (κ3) is 4.25. The first kappa shape index (κ1) is 11.0. The molecule has 0 aliphatic rings. The Morgan fingerprint density at radius 2 is 1.50 bits per heavy atom. The van der Waals surface area contributed by atoms with Gasteiger partial charge in [0.2, 0.25) is 0 Å². The molecular weight excluding hydrogens is 420 g/mol. The number of rotatable bonds is 1. The maximum Gasteiger partial charge on any atom is 0.272 e. The highest BCUT2D eigenvalue weighted by Gasteiger charge is 2.18. The van der Waals surface area contributed by atoms with Crippen LogP contribution in [-0.4, -0.2) is 2.33 Å². The molecule has 0 saturated carbocycles. The zero-order valence-corrected chi connectivity index (χ0v) is 12.1. The van der Waals surface area contributed by atoms with Gasteiger partial charge in [-0.05, 0) is 72.1 Å². The lowest BCUT2D eigenvalue weighted by Crippen LogP contribution is -2.09. The molecule has 0 spiro atoms. The van der Waals surface area contributed by atoms with Gasteiger partial charge in [-0.15, -0.1) is 0 Å². The van der Waals surface area contributed by atoms with E-state index in [0.29, 0.717) is 0 Å². The van der Waals surface area contributed by atoms with Crippen LogP contribution in [0.15, 0.2) is 28.7 Å². The minimum Gasteiger partial charge on any atom is -0.456 e. The maximum absolute atomic E-state index is 5.39. The van der Waals surface area contributed by atoms with E-state index in [2.05, 4.69) is 63.7 Å². The van der Waals surface area contributed by atoms with Gasteiger partial charge in [0.1, 0.15) is 5.75 Å². The van der Waals surface area contributed by atoms with Gasteiger partial charge in [0.15, 0.2) is 0 Å². The van der Waals surface area contributed by atoms with Crippen molar-refractivity contribution >= 4 is 63.7 Å². The molecule has 0 atom stereocenters. The van der Waals surface area contributed by atoms with Crippen molar-refractivity contribution in [1.29, 1.82) is 0 Å². The van der Waals surface area contributed by atoms with E-state index in [1.165, 1.54) is 0 Å². The Bertz CT molecular complexity index is 251. The lowest BCUT2D eigenvalue weighted by molar-refractivity contribution is 0.356. The highest BCUT2D eigenvalue weighted by atomic mass is 80.0. The maximum atomic E-state index is 5.39. The summed E-state index contributed by atoms with van der Waals surface area (Å²) < 4.78 is 5.73. The van der Waals surface area contributed by atoms with Crippen LogP contribution >= 0.6 is 63.7 Å². The van der Waals surface area contributed by atoms with Crippen LogP contribution in [-0.2, 0) is 0 Å². The number of hydrogen-bond acceptors (Lipinski definition) is 1. The fourth-order valence-electron chi connectivity index (χ4n) is 0.636. The van der Waals surface area contributed by atoms with Crippen LogP contribution in [0.1, 0.15) is 0 Å². The van der Waals surface area contributed by atoms with Crippen molar-refractivity contribution in [3.05, 3.63) is 28.7 Å². The molecule has 0 saturated heterocycles. The van der Waals surface area contributed by atoms with Gasteiger partial charge in [-0.2, -0.15) is 0 Å². The normalized spacial score (nSPS) is 11.3. The number of alkyl halides is 3. The number of benzene rings is 1. The summed E-state index contributed by atoms with van der Waals surface area (Å²) >= 11 is 13.0. The van der Waals surface area contributed by atoms with Gasteiger partial charge in [-0.1, -0.05) is 15.9 Å². The Morgan fingerprint density at radius 3 is 1.92 bits per heavy atom. The van der Waals surface area contributed by atoms with E-state index in [1.54, 1.807) is 0 Å². The van der Waals surface area contributed by atoms with Crippen LogP contribution < -0.4 is 4.74 Å². The average Bonchev–Trinajstić information content (AvgIpc) is 1.91. The molecule has 0 aromatic heterocycles. The lowest BCUT2D eigenvalue weighted by Gasteiger charge is -2.14. The van der Waals surface area contributed by atoms with Crippen LogP contribution in [0.4, 0.5) is 0 Å². The van der Waals surface area contributed by atoms with Crippen molar-refractivity contribution in [2.45, 2.75) is 2.33 Å². The van der Waals surface area contributed by atoms with Crippen LogP contribution in [0.3, 0.4) is 0 Å². The molecule has 0 radical (unpaired) electrons. The fraction of sp³-hybridized carbons (Fsp3) is 0.143. The lowest BCUT2D eigenvalue weighted by atomic mass is 10.3. The quantitative estimate of drug-likeness (QED) is 0.599. The summed E-state index contributed by atoms with van der Waals surface area (Å²) in [5.74, 6) is 0.767. The van der Waals surface area contributed by atoms with Crippen LogP contribution in [0.5, 0.6) is 5.75 Å². The third-order valence-corrected chi connectivity index (χ3v) is 2.06. The van der Waals surface area contributed by atoms with E-state index < -0.39 is 2.33 Å². The molecule has 5 heteroatoms. The molecule has 12 heavy (non-hydrogen) atoms. The molecular formula is C7H4Br4O. The van der Waals surface area contributed by atoms with E-state index in [9.17, 15) is 0 Å². The van der Waals surface area contributed by atoms with Gasteiger partial charge in [0.25, 0.3) is 2.33 Å². The molecule has 66 valence electrons. The highest BCUT2D eigenvalue weighted by molar-refractivity contribution is 9.39. The molecule has 0 aliphatic carbocycles. The summed E-state index contributed by atoms with van der Waals surface area (Å²) in [4.78, 5) is 0. The summed E-state index contributed by atoms with van der Waals surface area (Å²) in [5.41, 5.74) is 0. The second-order valence-corrected chi connectivity index (χ2v) is 9.46. The summed E-state index contributed by atoms with van der Waals surface area (Å²) in [7, 11) is 0. The predicted molar refractivity (Wildman–Crippen MR) is 64.3 cm³/mol. The van der Waals surface area contributed by atoms with E-state index in [0.717, 1.165) is 10.2 Å². The number of halogens is 4. The standard InChI is InChI=1S/C7H4Br4O/c8-5-1-3-6(4-2-5)12-7(9,10)11/h1-4H. The van der Waals surface area contributed by atoms with E-state index in [1.807, 2.05) is 24.3 Å². The van der Waals surface area contributed by atoms with Crippen LogP contribution in [0, 0.1) is 0 Å². The fourth-order valence-corrected chi connectivity index (χ4v) is 1.46. The van der Waals surface area contributed by atoms with Crippen molar-refractivity contribution in [2.24, 2.45) is 0 Å². The molecule has 1 aromatic rings. The summed E-state index contributed by atoms with van der Waals surface area (Å²) in [6, 6.07) is 7.55. The second-order valence-electron chi connectivity index (χ2n) is 2.00. The molecule has 1 aromatic carbocycles. The molecule has 1 rings (SSSR count). The van der Waals surface area contributed by atoms with Crippen molar-refractivity contribution < 1.29 is 4.74 Å². The van der Waals surface area contributed by atoms with Gasteiger partial charge in [0, 0.05) is 4.47 Å². The first-order valence-electron chi connectivity index (χ1n) is 2.99. The van der Waals surface area contributed by atoms with Crippen molar-refractivity contribution in [2.75, 3.05) is 0 Å². The Morgan fingerprint density at radius 1 is 1.00 bits per heavy atom. The van der Waals surface area contributed by atoms with Gasteiger partial charge in [0.05, 0.1) is 0 Å². The zero-order valence-electron chi connectivity index (χ0n) is 5.73. The molecule has 0 bridgehead atoms. The van der Waals surface area contributed by atoms with Gasteiger partial charge in [-0.25, -0.2) is 0 Å². The smallest absolute Gasteiger partial charge is 0.272 e. The second kappa shape index (κ2) is 4.44. The predicted octanol–water partition coefficient (Wildman–Crippen LogP) is 4.62. The first-order chi connectivity index (χ1) is 5.47. The first-order valence-corrected chi connectivity index (χ1v) is 6.16. The molecule has 0 heterocycles. The largest absolute Gasteiger partial charge is 0.456 e. The van der Waals surface area contributed by atoms with E-state index in [-0.39, 0.29) is 0 Å². The van der Waals surface area contributed by atoms with Crippen LogP contribution in [0.25, 0.3) is 0 Å². The average molecular weight is 424 g/mol. The Balaban J connectivity index is 2.71. The molecule has 0 unspecified atom stereocenters. The minimum atomic E-state index is -0.680. The van der Waals surface area contributed by atoms with E-state index >= 15 is 0 Å². The van der Waals surface area contributed by atoms with Crippen molar-refractivity contribution in [3.8, 4) is 5.75 Å². The number of ether oxygens (including phenoxy) is 1. The van der Waals surface area contributed by atoms with E-state index in [4.69, 9.17) is 4.74 Å². The van der Waals surface area contributed by atoms with Crippen molar-refractivity contribution in [1.82, 2.24) is 0 Å². The Kier molecular flexibility index (Phi) is 4.08. The minimum absolute atomic E-state index is 0.680. The summed E-state index contributed by atoms with van der Waals surface area (Å²) in [6.07, 6.45) is 0. The molecule has 0 N–H and O–H groups in total. The molecule has 0 fully saturated rings. The highest BCUT2D eigenvalue weighted by Crippen LogP contribution is 2.36. The SMILES string of the molecule is Brc1ccc(OC(Br)(Br)Br)cc1. The number of hydrogen-bond donors (Lipinski definition) is 0. The van der Waals surface area contributed by atoms with Gasteiger partial charge < -0.3 is 4.74 Å². The summed E-state index contributed by atoms with van der Waals surface area (Å²) in [6.45, 7) is 0. The van der Waals surface area contributed by atoms with Gasteiger partial charge in [-0.3, -0.25) is 0 Å². The molecule has 1 nitrogen and oxygen atoms in total. The van der Waals surface area contributed by atoms with Crippen LogP contribution in [0.2, 0.25) is 0 Å². The Labute approximate surface area is 104 Å². The molecule has 0 aliphatic heterocycles. The topological polar surface area (TPSA) is 9.23 Å². The van der Waals surface area contributed by atoms with Gasteiger partial charge >= 0.3 is 0 Å². The monoisotopic (exact) mass is 420 g/mol. The van der Waals surface area contributed by atoms with Crippen molar-refractivity contribution in [3.63, 3.8) is 0 Å². The zero-order chi connectivity index (χ0) is 9.19. The summed E-state index contributed by atoms with van der Waals surface area (Å²) in [5, 5.41) is 0. The third-order valence-electron chi connectivity index (χ3n) is 1.05.